The van der Waals surface area contributed by atoms with E-state index in [1.807, 2.05) is 0 Å². The maximum atomic E-state index is 13.6. The first-order valence-corrected chi connectivity index (χ1v) is 7.07. The second kappa shape index (κ2) is 7.65. The van der Waals surface area contributed by atoms with Gasteiger partial charge in [0.15, 0.2) is 0 Å². The van der Waals surface area contributed by atoms with Crippen LogP contribution in [0.15, 0.2) is 42.5 Å². The molecule has 0 aliphatic carbocycles. The molecule has 0 unspecified atom stereocenters. The van der Waals surface area contributed by atoms with E-state index in [-0.39, 0.29) is 5.69 Å². The van der Waals surface area contributed by atoms with Gasteiger partial charge in [0, 0.05) is 22.7 Å². The molecule has 0 aliphatic heterocycles. The molecule has 2 aromatic rings. The molecule has 0 radical (unpaired) electrons. The van der Waals surface area contributed by atoms with E-state index in [1.54, 1.807) is 31.4 Å². The van der Waals surface area contributed by atoms with E-state index in [9.17, 15) is 9.18 Å². The summed E-state index contributed by atoms with van der Waals surface area (Å²) in [5.74, 6) is 0.161. The number of nitrogens with one attached hydrogen (secondary N) is 1. The van der Waals surface area contributed by atoms with Crippen LogP contribution in [0.25, 0.3) is 6.08 Å². The van der Waals surface area contributed by atoms with Crippen LogP contribution < -0.4 is 14.8 Å². The van der Waals surface area contributed by atoms with Gasteiger partial charge in [0.05, 0.1) is 19.9 Å². The van der Waals surface area contributed by atoms with E-state index in [2.05, 4.69) is 5.32 Å². The highest BCUT2D eigenvalue weighted by atomic mass is 35.5. The van der Waals surface area contributed by atoms with Crippen LogP contribution in [0.1, 0.15) is 5.56 Å². The van der Waals surface area contributed by atoms with Crippen molar-refractivity contribution >= 4 is 29.3 Å². The van der Waals surface area contributed by atoms with E-state index in [0.29, 0.717) is 22.1 Å². The van der Waals surface area contributed by atoms with Crippen molar-refractivity contribution in [1.82, 2.24) is 0 Å². The third kappa shape index (κ3) is 4.47. The molecule has 2 rings (SSSR count). The van der Waals surface area contributed by atoms with Crippen molar-refractivity contribution in [2.75, 3.05) is 19.5 Å². The summed E-state index contributed by atoms with van der Waals surface area (Å²) in [7, 11) is 3.07. The fourth-order valence-electron chi connectivity index (χ4n) is 1.89. The van der Waals surface area contributed by atoms with Gasteiger partial charge in [-0.25, -0.2) is 4.39 Å². The summed E-state index contributed by atoms with van der Waals surface area (Å²) in [6.45, 7) is 0. The van der Waals surface area contributed by atoms with Crippen LogP contribution >= 0.6 is 11.6 Å². The number of amides is 1. The van der Waals surface area contributed by atoms with E-state index in [0.717, 1.165) is 0 Å². The number of carbonyl (C=O) groups is 1. The van der Waals surface area contributed by atoms with Gasteiger partial charge >= 0.3 is 0 Å². The highest BCUT2D eigenvalue weighted by Gasteiger charge is 2.06. The van der Waals surface area contributed by atoms with Crippen LogP contribution in [0, 0.1) is 5.82 Å². The zero-order valence-corrected chi connectivity index (χ0v) is 13.4. The lowest BCUT2D eigenvalue weighted by atomic mass is 10.1. The Kier molecular flexibility index (Phi) is 5.60. The molecular formula is C17H15ClFNO3. The molecule has 0 saturated heterocycles. The predicted octanol–water partition coefficient (Wildman–Crippen LogP) is 4.15. The SMILES string of the molecule is COc1ccc(C=CC(=O)Nc2cc(Cl)ccc2F)c(OC)c1. The molecular weight excluding hydrogens is 321 g/mol. The fourth-order valence-corrected chi connectivity index (χ4v) is 2.06. The molecule has 1 N–H and O–H groups in total. The van der Waals surface area contributed by atoms with Crippen LogP contribution in [-0.2, 0) is 4.79 Å². The average molecular weight is 336 g/mol. The summed E-state index contributed by atoms with van der Waals surface area (Å²) < 4.78 is 23.9. The summed E-state index contributed by atoms with van der Waals surface area (Å²) in [6, 6.07) is 9.14. The van der Waals surface area contributed by atoms with Crippen molar-refractivity contribution in [1.29, 1.82) is 0 Å². The van der Waals surface area contributed by atoms with Crippen molar-refractivity contribution in [3.05, 3.63) is 58.9 Å². The molecule has 1 amide bonds. The monoisotopic (exact) mass is 335 g/mol. The normalized spacial score (nSPS) is 10.6. The molecule has 0 saturated carbocycles. The number of methoxy groups -OCH3 is 2. The van der Waals surface area contributed by atoms with E-state index < -0.39 is 11.7 Å². The number of benzene rings is 2. The highest BCUT2D eigenvalue weighted by molar-refractivity contribution is 6.30. The van der Waals surface area contributed by atoms with Gasteiger partial charge in [-0.05, 0) is 36.4 Å². The molecule has 6 heteroatoms. The summed E-state index contributed by atoms with van der Waals surface area (Å²) >= 11 is 5.78. The quantitative estimate of drug-likeness (QED) is 0.835. The number of rotatable bonds is 5. The molecule has 0 aromatic heterocycles. The van der Waals surface area contributed by atoms with Gasteiger partial charge in [-0.3, -0.25) is 4.79 Å². The molecule has 0 fully saturated rings. The average Bonchev–Trinajstić information content (AvgIpc) is 2.56. The predicted molar refractivity (Wildman–Crippen MR) is 88.6 cm³/mol. The van der Waals surface area contributed by atoms with E-state index >= 15 is 0 Å². The van der Waals surface area contributed by atoms with Crippen LogP contribution in [0.4, 0.5) is 10.1 Å². The van der Waals surface area contributed by atoms with Crippen molar-refractivity contribution in [3.63, 3.8) is 0 Å². The first-order chi connectivity index (χ1) is 11.0. The third-order valence-electron chi connectivity index (χ3n) is 3.04. The highest BCUT2D eigenvalue weighted by Crippen LogP contribution is 2.25. The number of carbonyl (C=O) groups excluding carboxylic acids is 1. The fraction of sp³-hybridized carbons (Fsp3) is 0.118. The Morgan fingerprint density at radius 1 is 1.17 bits per heavy atom. The van der Waals surface area contributed by atoms with Gasteiger partial charge in [-0.15, -0.1) is 0 Å². The minimum absolute atomic E-state index is 0.0221. The number of anilines is 1. The molecule has 0 heterocycles. The third-order valence-corrected chi connectivity index (χ3v) is 3.28. The molecule has 120 valence electrons. The maximum Gasteiger partial charge on any atom is 0.248 e. The lowest BCUT2D eigenvalue weighted by Gasteiger charge is -2.07. The molecule has 2 aromatic carbocycles. The van der Waals surface area contributed by atoms with Gasteiger partial charge in [-0.2, -0.15) is 0 Å². The van der Waals surface area contributed by atoms with Gasteiger partial charge in [0.1, 0.15) is 17.3 Å². The number of halogens is 2. The Balaban J connectivity index is 2.13. The van der Waals surface area contributed by atoms with E-state index in [4.69, 9.17) is 21.1 Å². The number of hydrogen-bond acceptors (Lipinski definition) is 3. The summed E-state index contributed by atoms with van der Waals surface area (Å²) in [5, 5.41) is 2.77. The number of ether oxygens (including phenoxy) is 2. The lowest BCUT2D eigenvalue weighted by molar-refractivity contribution is -0.111. The van der Waals surface area contributed by atoms with Crippen LogP contribution in [0.2, 0.25) is 5.02 Å². The molecule has 0 spiro atoms. The smallest absolute Gasteiger partial charge is 0.248 e. The van der Waals surface area contributed by atoms with Crippen molar-refractivity contribution in [3.8, 4) is 11.5 Å². The molecule has 4 nitrogen and oxygen atoms in total. The topological polar surface area (TPSA) is 47.6 Å². The Morgan fingerprint density at radius 2 is 1.96 bits per heavy atom. The molecule has 0 bridgehead atoms. The first kappa shape index (κ1) is 16.8. The van der Waals surface area contributed by atoms with Crippen LogP contribution in [-0.4, -0.2) is 20.1 Å². The Bertz CT molecular complexity index is 747. The Hall–Kier alpha value is -2.53. The van der Waals surface area contributed by atoms with Crippen LogP contribution in [0.5, 0.6) is 11.5 Å². The lowest BCUT2D eigenvalue weighted by Crippen LogP contribution is -2.09. The zero-order valence-electron chi connectivity index (χ0n) is 12.6. The Morgan fingerprint density at radius 3 is 2.65 bits per heavy atom. The maximum absolute atomic E-state index is 13.6. The second-order valence-electron chi connectivity index (χ2n) is 4.55. The van der Waals surface area contributed by atoms with Gasteiger partial charge in [-0.1, -0.05) is 11.6 Å². The number of hydrogen-bond donors (Lipinski definition) is 1. The van der Waals surface area contributed by atoms with Crippen molar-refractivity contribution in [2.24, 2.45) is 0 Å². The van der Waals surface area contributed by atoms with Gasteiger partial charge in [0.2, 0.25) is 5.91 Å². The largest absolute Gasteiger partial charge is 0.497 e. The molecule has 23 heavy (non-hydrogen) atoms. The second-order valence-corrected chi connectivity index (χ2v) is 4.99. The zero-order chi connectivity index (χ0) is 16.8. The van der Waals surface area contributed by atoms with Crippen LogP contribution in [0.3, 0.4) is 0 Å². The summed E-state index contributed by atoms with van der Waals surface area (Å²) in [6.07, 6.45) is 2.85. The standard InChI is InChI=1S/C17H15ClFNO3/c1-22-13-6-3-11(16(10-13)23-2)4-8-17(21)20-15-9-12(18)5-7-14(15)19/h3-10H,1-2H3,(H,20,21). The first-order valence-electron chi connectivity index (χ1n) is 6.69. The molecule has 0 atom stereocenters. The van der Waals surface area contributed by atoms with Crippen molar-refractivity contribution < 1.29 is 18.7 Å². The minimum Gasteiger partial charge on any atom is -0.497 e. The Labute approximate surface area is 138 Å². The van der Waals surface area contributed by atoms with Gasteiger partial charge < -0.3 is 14.8 Å². The van der Waals surface area contributed by atoms with Gasteiger partial charge in [0.25, 0.3) is 0 Å². The summed E-state index contributed by atoms with van der Waals surface area (Å²) in [5.41, 5.74) is 0.712. The molecule has 0 aliphatic rings. The van der Waals surface area contributed by atoms with E-state index in [1.165, 1.54) is 31.4 Å². The minimum atomic E-state index is -0.557. The summed E-state index contributed by atoms with van der Waals surface area (Å²) in [4.78, 5) is 11.9. The van der Waals surface area contributed by atoms with Crippen molar-refractivity contribution in [2.45, 2.75) is 0 Å².